The molecule has 0 radical (unpaired) electrons. The highest BCUT2D eigenvalue weighted by atomic mass is 16.2. The van der Waals surface area contributed by atoms with Crippen LogP contribution in [0.2, 0.25) is 0 Å². The summed E-state index contributed by atoms with van der Waals surface area (Å²) in [6.45, 7) is 4.04. The van der Waals surface area contributed by atoms with Gasteiger partial charge in [-0.2, -0.15) is 0 Å². The first-order chi connectivity index (χ1) is 8.88. The van der Waals surface area contributed by atoms with E-state index in [2.05, 4.69) is 5.32 Å². The summed E-state index contributed by atoms with van der Waals surface area (Å²) in [5.74, 6) is -0.203. The van der Waals surface area contributed by atoms with E-state index in [1.165, 1.54) is 0 Å². The van der Waals surface area contributed by atoms with Crippen LogP contribution in [0, 0.1) is 5.92 Å². The highest BCUT2D eigenvalue weighted by Crippen LogP contribution is 2.11. The van der Waals surface area contributed by atoms with Gasteiger partial charge in [0.15, 0.2) is 0 Å². The summed E-state index contributed by atoms with van der Waals surface area (Å²) >= 11 is 0. The van der Waals surface area contributed by atoms with Crippen molar-refractivity contribution in [3.63, 3.8) is 0 Å². The van der Waals surface area contributed by atoms with Gasteiger partial charge in [0.25, 0.3) is 0 Å². The first-order valence-corrected chi connectivity index (χ1v) is 6.32. The van der Waals surface area contributed by atoms with Gasteiger partial charge in [0.05, 0.1) is 12.5 Å². The number of benzene rings is 1. The second-order valence-corrected chi connectivity index (χ2v) is 5.07. The Balaban J connectivity index is 2.57. The van der Waals surface area contributed by atoms with Crippen LogP contribution >= 0.6 is 0 Å². The Bertz CT molecular complexity index is 441. The quantitative estimate of drug-likeness (QED) is 0.714. The van der Waals surface area contributed by atoms with Gasteiger partial charge >= 0.3 is 0 Å². The van der Waals surface area contributed by atoms with Crippen molar-refractivity contribution in [3.8, 4) is 0 Å². The maximum Gasteiger partial charge on any atom is 0.241 e. The lowest BCUT2D eigenvalue weighted by molar-refractivity contribution is -0.118. The van der Waals surface area contributed by atoms with Crippen molar-refractivity contribution < 1.29 is 9.59 Å². The summed E-state index contributed by atoms with van der Waals surface area (Å²) in [6, 6.07) is 6.48. The van der Waals surface area contributed by atoms with E-state index in [1.807, 2.05) is 13.8 Å². The monoisotopic (exact) mass is 263 g/mol. The lowest BCUT2D eigenvalue weighted by atomic mass is 10.0. The van der Waals surface area contributed by atoms with E-state index >= 15 is 0 Å². The molecule has 0 aliphatic rings. The van der Waals surface area contributed by atoms with Crippen LogP contribution < -0.4 is 16.8 Å². The number of carbonyl (C=O) groups excluding carboxylic acids is 2. The lowest BCUT2D eigenvalue weighted by Crippen LogP contribution is -2.36. The van der Waals surface area contributed by atoms with E-state index in [0.29, 0.717) is 18.0 Å². The minimum Gasteiger partial charge on any atom is -0.369 e. The molecule has 0 heterocycles. The van der Waals surface area contributed by atoms with Crippen molar-refractivity contribution in [2.45, 2.75) is 32.7 Å². The number of hydrogen-bond donors (Lipinski definition) is 3. The molecular formula is C14H21N3O2. The van der Waals surface area contributed by atoms with Gasteiger partial charge in [-0.1, -0.05) is 26.0 Å². The van der Waals surface area contributed by atoms with Gasteiger partial charge in [-0.25, -0.2) is 0 Å². The molecule has 2 amide bonds. The zero-order chi connectivity index (χ0) is 14.4. The Kier molecular flexibility index (Phi) is 5.51. The summed E-state index contributed by atoms with van der Waals surface area (Å²) in [4.78, 5) is 22.6. The second kappa shape index (κ2) is 6.89. The van der Waals surface area contributed by atoms with Gasteiger partial charge in [0.2, 0.25) is 11.8 Å². The summed E-state index contributed by atoms with van der Waals surface area (Å²) in [5, 5.41) is 2.75. The maximum atomic E-state index is 11.8. The molecule has 0 fully saturated rings. The molecule has 1 atom stereocenters. The van der Waals surface area contributed by atoms with Crippen LogP contribution in [-0.4, -0.2) is 17.9 Å². The Labute approximate surface area is 113 Å². The fourth-order valence-corrected chi connectivity index (χ4v) is 1.76. The van der Waals surface area contributed by atoms with Crippen molar-refractivity contribution in [1.82, 2.24) is 0 Å². The number of carbonyl (C=O) groups is 2. The number of nitrogens with two attached hydrogens (primary N) is 2. The van der Waals surface area contributed by atoms with E-state index < -0.39 is 6.04 Å². The summed E-state index contributed by atoms with van der Waals surface area (Å²) < 4.78 is 0. The first kappa shape index (κ1) is 15.2. The number of nitrogens with one attached hydrogen (secondary N) is 1. The molecule has 0 aromatic heterocycles. The fourth-order valence-electron chi connectivity index (χ4n) is 1.76. The molecule has 104 valence electrons. The first-order valence-electron chi connectivity index (χ1n) is 6.32. The predicted molar refractivity (Wildman–Crippen MR) is 75.4 cm³/mol. The van der Waals surface area contributed by atoms with Gasteiger partial charge in [-0.3, -0.25) is 9.59 Å². The predicted octanol–water partition coefficient (Wildman–Crippen LogP) is 1.03. The average molecular weight is 263 g/mol. The Morgan fingerprint density at radius 3 is 2.26 bits per heavy atom. The Morgan fingerprint density at radius 2 is 1.79 bits per heavy atom. The fraction of sp³-hybridized carbons (Fsp3) is 0.429. The third-order valence-electron chi connectivity index (χ3n) is 2.66. The van der Waals surface area contributed by atoms with Crippen LogP contribution in [0.1, 0.15) is 25.8 Å². The number of anilines is 1. The van der Waals surface area contributed by atoms with E-state index in [9.17, 15) is 9.59 Å². The van der Waals surface area contributed by atoms with Crippen LogP contribution in [0.15, 0.2) is 24.3 Å². The van der Waals surface area contributed by atoms with E-state index in [-0.39, 0.29) is 18.2 Å². The molecule has 0 saturated heterocycles. The van der Waals surface area contributed by atoms with Gasteiger partial charge in [-0.05, 0) is 30.0 Å². The van der Waals surface area contributed by atoms with Crippen LogP contribution in [0.5, 0.6) is 0 Å². The summed E-state index contributed by atoms with van der Waals surface area (Å²) in [6.07, 6.45) is 0.840. The highest BCUT2D eigenvalue weighted by Gasteiger charge is 2.14. The minimum absolute atomic E-state index is 0.196. The number of primary amides is 1. The van der Waals surface area contributed by atoms with Crippen molar-refractivity contribution in [1.29, 1.82) is 0 Å². The zero-order valence-electron chi connectivity index (χ0n) is 11.3. The van der Waals surface area contributed by atoms with E-state index in [1.54, 1.807) is 24.3 Å². The summed E-state index contributed by atoms with van der Waals surface area (Å²) in [5.41, 5.74) is 12.4. The number of amides is 2. The van der Waals surface area contributed by atoms with Crippen molar-refractivity contribution in [3.05, 3.63) is 29.8 Å². The third-order valence-corrected chi connectivity index (χ3v) is 2.66. The SMILES string of the molecule is CC(C)C[C@H](N)C(=O)Nc1ccc(CC(N)=O)cc1. The molecule has 0 aliphatic carbocycles. The molecule has 5 N–H and O–H groups in total. The Morgan fingerprint density at radius 1 is 1.21 bits per heavy atom. The molecule has 1 aromatic rings. The van der Waals surface area contributed by atoms with Gasteiger partial charge in [0, 0.05) is 5.69 Å². The van der Waals surface area contributed by atoms with Gasteiger partial charge in [-0.15, -0.1) is 0 Å². The number of hydrogen-bond acceptors (Lipinski definition) is 3. The average Bonchev–Trinajstić information content (AvgIpc) is 2.30. The molecule has 0 bridgehead atoms. The van der Waals surface area contributed by atoms with Crippen LogP contribution in [0.25, 0.3) is 0 Å². The normalized spacial score (nSPS) is 12.2. The lowest BCUT2D eigenvalue weighted by Gasteiger charge is -2.14. The van der Waals surface area contributed by atoms with Gasteiger partial charge in [0.1, 0.15) is 0 Å². The summed E-state index contributed by atoms with van der Waals surface area (Å²) in [7, 11) is 0. The van der Waals surface area contributed by atoms with Crippen LogP contribution in [0.4, 0.5) is 5.69 Å². The topological polar surface area (TPSA) is 98.2 Å². The van der Waals surface area contributed by atoms with Crippen LogP contribution in [-0.2, 0) is 16.0 Å². The van der Waals surface area contributed by atoms with E-state index in [0.717, 1.165) is 5.56 Å². The smallest absolute Gasteiger partial charge is 0.241 e. The third kappa shape index (κ3) is 5.52. The number of rotatable bonds is 6. The molecule has 0 saturated carbocycles. The Hall–Kier alpha value is -1.88. The molecule has 19 heavy (non-hydrogen) atoms. The van der Waals surface area contributed by atoms with Crippen LogP contribution in [0.3, 0.4) is 0 Å². The highest BCUT2D eigenvalue weighted by molar-refractivity contribution is 5.94. The molecule has 0 aliphatic heterocycles. The molecule has 0 unspecified atom stereocenters. The van der Waals surface area contributed by atoms with Crippen molar-refractivity contribution in [2.24, 2.45) is 17.4 Å². The maximum absolute atomic E-state index is 11.8. The molecule has 5 nitrogen and oxygen atoms in total. The second-order valence-electron chi connectivity index (χ2n) is 5.07. The standard InChI is InChI=1S/C14H21N3O2/c1-9(2)7-12(15)14(19)17-11-5-3-10(4-6-11)8-13(16)18/h3-6,9,12H,7-8,15H2,1-2H3,(H2,16,18)(H,17,19)/t12-/m0/s1. The molecule has 0 spiro atoms. The molecule has 1 rings (SSSR count). The molecular weight excluding hydrogens is 242 g/mol. The van der Waals surface area contributed by atoms with Crippen molar-refractivity contribution in [2.75, 3.05) is 5.32 Å². The minimum atomic E-state index is -0.509. The van der Waals surface area contributed by atoms with Gasteiger partial charge < -0.3 is 16.8 Å². The molecule has 1 aromatic carbocycles. The zero-order valence-corrected chi connectivity index (χ0v) is 11.3. The largest absolute Gasteiger partial charge is 0.369 e. The van der Waals surface area contributed by atoms with Crippen molar-refractivity contribution >= 4 is 17.5 Å². The molecule has 5 heteroatoms. The van der Waals surface area contributed by atoms with E-state index in [4.69, 9.17) is 11.5 Å².